The second-order valence-electron chi connectivity index (χ2n) is 6.26. The van der Waals surface area contributed by atoms with Crippen LogP contribution in [0.4, 0.5) is 19.0 Å². The second-order valence-corrected chi connectivity index (χ2v) is 6.26. The van der Waals surface area contributed by atoms with E-state index in [1.807, 2.05) is 6.92 Å². The molecule has 4 rings (SSSR count). The van der Waals surface area contributed by atoms with Crippen LogP contribution in [-0.4, -0.2) is 35.0 Å². The third-order valence-corrected chi connectivity index (χ3v) is 4.37. The van der Waals surface area contributed by atoms with E-state index in [-0.39, 0.29) is 6.04 Å². The molecule has 0 bridgehead atoms. The highest BCUT2D eigenvalue weighted by atomic mass is 19.4. The standard InChI is InChI=1S/C17H15F3N8/c1-10(22-15-6-7-16-23-25-26-28(16)24-15)14-9-21-27(11(14)2)13-5-3-4-12(8-13)17(18,19)20/h3-10H,1-2H3,(H,22,24)/t10-/m1/s1. The summed E-state index contributed by atoms with van der Waals surface area (Å²) in [5.74, 6) is 0.554. The molecule has 3 heterocycles. The number of hydrogen-bond donors (Lipinski definition) is 1. The van der Waals surface area contributed by atoms with Gasteiger partial charge in [0.25, 0.3) is 0 Å². The Labute approximate surface area is 157 Å². The molecule has 0 aliphatic rings. The molecule has 0 radical (unpaired) electrons. The predicted molar refractivity (Wildman–Crippen MR) is 93.9 cm³/mol. The number of anilines is 1. The molecule has 0 saturated carbocycles. The first-order chi connectivity index (χ1) is 13.3. The number of fused-ring (bicyclic) bond motifs is 1. The van der Waals surface area contributed by atoms with E-state index in [4.69, 9.17) is 0 Å². The fourth-order valence-electron chi connectivity index (χ4n) is 2.95. The Hall–Kier alpha value is -3.50. The SMILES string of the molecule is Cc1c([C@@H](C)Nc2ccc3nnnn3n2)cnn1-c1cccc(C(F)(F)F)c1. The number of hydrogen-bond acceptors (Lipinski definition) is 6. The van der Waals surface area contributed by atoms with Gasteiger partial charge in [0, 0.05) is 11.3 Å². The summed E-state index contributed by atoms with van der Waals surface area (Å²) in [6.07, 6.45) is -2.78. The van der Waals surface area contributed by atoms with Gasteiger partial charge in [0.2, 0.25) is 0 Å². The van der Waals surface area contributed by atoms with Crippen molar-refractivity contribution in [1.29, 1.82) is 0 Å². The molecule has 0 amide bonds. The molecule has 28 heavy (non-hydrogen) atoms. The number of halogens is 3. The van der Waals surface area contributed by atoms with E-state index in [2.05, 4.69) is 31.0 Å². The van der Waals surface area contributed by atoms with Crippen LogP contribution in [0, 0.1) is 6.92 Å². The normalized spacial score (nSPS) is 13.0. The maximum absolute atomic E-state index is 13.0. The molecule has 8 nitrogen and oxygen atoms in total. The van der Waals surface area contributed by atoms with Gasteiger partial charge in [0.05, 0.1) is 23.5 Å². The van der Waals surface area contributed by atoms with E-state index in [0.29, 0.717) is 17.2 Å². The number of nitrogens with zero attached hydrogens (tertiary/aromatic N) is 7. The molecule has 0 aliphatic heterocycles. The Bertz CT molecular complexity index is 1130. The smallest absolute Gasteiger partial charge is 0.362 e. The highest BCUT2D eigenvalue weighted by Crippen LogP contribution is 2.31. The van der Waals surface area contributed by atoms with E-state index in [9.17, 15) is 13.2 Å². The Kier molecular flexibility index (Phi) is 4.21. The van der Waals surface area contributed by atoms with Crippen molar-refractivity contribution in [2.75, 3.05) is 5.32 Å². The first-order valence-corrected chi connectivity index (χ1v) is 8.37. The van der Waals surface area contributed by atoms with Crippen LogP contribution >= 0.6 is 0 Å². The average Bonchev–Trinajstić information content (AvgIpc) is 3.27. The van der Waals surface area contributed by atoms with Crippen molar-refractivity contribution < 1.29 is 13.2 Å². The zero-order valence-electron chi connectivity index (χ0n) is 14.9. The Morgan fingerprint density at radius 3 is 2.75 bits per heavy atom. The van der Waals surface area contributed by atoms with E-state index < -0.39 is 11.7 Å². The van der Waals surface area contributed by atoms with Gasteiger partial charge in [-0.2, -0.15) is 18.3 Å². The summed E-state index contributed by atoms with van der Waals surface area (Å²) in [5, 5.41) is 22.8. The molecule has 11 heteroatoms. The third-order valence-electron chi connectivity index (χ3n) is 4.37. The summed E-state index contributed by atoms with van der Waals surface area (Å²) >= 11 is 0. The van der Waals surface area contributed by atoms with Gasteiger partial charge in [0.1, 0.15) is 5.82 Å². The van der Waals surface area contributed by atoms with Gasteiger partial charge in [-0.3, -0.25) is 0 Å². The topological polar surface area (TPSA) is 85.8 Å². The zero-order chi connectivity index (χ0) is 19.9. The molecule has 0 saturated heterocycles. The zero-order valence-corrected chi connectivity index (χ0v) is 14.9. The molecule has 1 atom stereocenters. The fourth-order valence-corrected chi connectivity index (χ4v) is 2.95. The summed E-state index contributed by atoms with van der Waals surface area (Å²) in [6.45, 7) is 3.71. The molecule has 3 aromatic heterocycles. The van der Waals surface area contributed by atoms with Crippen LogP contribution in [0.5, 0.6) is 0 Å². The molecule has 1 aromatic carbocycles. The Morgan fingerprint density at radius 1 is 1.14 bits per heavy atom. The second kappa shape index (κ2) is 6.59. The summed E-state index contributed by atoms with van der Waals surface area (Å²) in [7, 11) is 0. The minimum Gasteiger partial charge on any atom is -0.362 e. The van der Waals surface area contributed by atoms with E-state index in [0.717, 1.165) is 23.4 Å². The van der Waals surface area contributed by atoms with Gasteiger partial charge < -0.3 is 5.32 Å². The number of benzene rings is 1. The highest BCUT2D eigenvalue weighted by molar-refractivity contribution is 5.45. The lowest BCUT2D eigenvalue weighted by Crippen LogP contribution is -2.11. The lowest BCUT2D eigenvalue weighted by Gasteiger charge is -2.15. The lowest BCUT2D eigenvalue weighted by atomic mass is 10.1. The maximum atomic E-state index is 13.0. The Morgan fingerprint density at radius 2 is 1.96 bits per heavy atom. The quantitative estimate of drug-likeness (QED) is 0.578. The van der Waals surface area contributed by atoms with Crippen molar-refractivity contribution in [3.05, 3.63) is 59.4 Å². The molecular formula is C17H15F3N8. The van der Waals surface area contributed by atoms with Crippen LogP contribution in [0.25, 0.3) is 11.3 Å². The predicted octanol–water partition coefficient (Wildman–Crippen LogP) is 3.21. The first kappa shape index (κ1) is 17.9. The average molecular weight is 388 g/mol. The number of aromatic nitrogens is 7. The Balaban J connectivity index is 1.61. The number of rotatable bonds is 4. The molecule has 0 fully saturated rings. The maximum Gasteiger partial charge on any atom is 0.416 e. The van der Waals surface area contributed by atoms with Crippen LogP contribution in [0.1, 0.15) is 29.8 Å². The van der Waals surface area contributed by atoms with Crippen LogP contribution < -0.4 is 5.32 Å². The van der Waals surface area contributed by atoms with E-state index in [1.54, 1.807) is 31.3 Å². The van der Waals surface area contributed by atoms with Crippen LogP contribution in [0.3, 0.4) is 0 Å². The van der Waals surface area contributed by atoms with Crippen molar-refractivity contribution in [3.63, 3.8) is 0 Å². The fraction of sp³-hybridized carbons (Fsp3) is 0.235. The summed E-state index contributed by atoms with van der Waals surface area (Å²) < 4.78 is 41.7. The van der Waals surface area contributed by atoms with E-state index >= 15 is 0 Å². The minimum atomic E-state index is -4.41. The highest BCUT2D eigenvalue weighted by Gasteiger charge is 2.30. The number of alkyl halides is 3. The van der Waals surface area contributed by atoms with Gasteiger partial charge >= 0.3 is 6.18 Å². The van der Waals surface area contributed by atoms with E-state index in [1.165, 1.54) is 15.4 Å². The molecule has 144 valence electrons. The molecule has 0 spiro atoms. The van der Waals surface area contributed by atoms with Crippen molar-refractivity contribution in [2.45, 2.75) is 26.1 Å². The van der Waals surface area contributed by atoms with Crippen molar-refractivity contribution >= 4 is 11.5 Å². The first-order valence-electron chi connectivity index (χ1n) is 8.37. The van der Waals surface area contributed by atoms with Crippen molar-refractivity contribution in [3.8, 4) is 5.69 Å². The monoisotopic (exact) mass is 388 g/mol. The summed E-state index contributed by atoms with van der Waals surface area (Å²) in [4.78, 5) is 0. The minimum absolute atomic E-state index is 0.194. The van der Waals surface area contributed by atoms with Gasteiger partial charge in [-0.25, -0.2) is 4.68 Å². The van der Waals surface area contributed by atoms with Gasteiger partial charge in [0.15, 0.2) is 5.65 Å². The molecule has 0 aliphatic carbocycles. The van der Waals surface area contributed by atoms with Gasteiger partial charge in [-0.1, -0.05) is 6.07 Å². The summed E-state index contributed by atoms with van der Waals surface area (Å²) in [5.41, 5.74) is 1.70. The van der Waals surface area contributed by atoms with Gasteiger partial charge in [-0.15, -0.1) is 14.8 Å². The number of nitrogens with one attached hydrogen (secondary N) is 1. The molecule has 1 N–H and O–H groups in total. The van der Waals surface area contributed by atoms with Crippen molar-refractivity contribution in [2.24, 2.45) is 0 Å². The van der Waals surface area contributed by atoms with Crippen LogP contribution in [0.15, 0.2) is 42.6 Å². The summed E-state index contributed by atoms with van der Waals surface area (Å²) in [6, 6.07) is 8.34. The van der Waals surface area contributed by atoms with Gasteiger partial charge in [-0.05, 0) is 54.6 Å². The molecular weight excluding hydrogens is 373 g/mol. The number of tetrazole rings is 1. The van der Waals surface area contributed by atoms with Crippen LogP contribution in [-0.2, 0) is 6.18 Å². The van der Waals surface area contributed by atoms with Crippen molar-refractivity contribution in [1.82, 2.24) is 35.0 Å². The molecule has 4 aromatic rings. The largest absolute Gasteiger partial charge is 0.416 e. The third kappa shape index (κ3) is 3.26. The van der Waals surface area contributed by atoms with Crippen LogP contribution in [0.2, 0.25) is 0 Å². The lowest BCUT2D eigenvalue weighted by molar-refractivity contribution is -0.137. The molecule has 0 unspecified atom stereocenters.